The predicted molar refractivity (Wildman–Crippen MR) is 94.6 cm³/mol. The number of phenols is 1. The van der Waals surface area contributed by atoms with Gasteiger partial charge in [-0.25, -0.2) is 4.39 Å². The first-order valence-corrected chi connectivity index (χ1v) is 8.24. The van der Waals surface area contributed by atoms with E-state index >= 15 is 0 Å². The summed E-state index contributed by atoms with van der Waals surface area (Å²) in [4.78, 5) is 0. The van der Waals surface area contributed by atoms with Crippen molar-refractivity contribution in [1.82, 2.24) is 0 Å². The Kier molecular flexibility index (Phi) is 4.52. The number of aromatic hydroxyl groups is 1. The van der Waals surface area contributed by atoms with Crippen LogP contribution in [0.4, 0.5) is 4.39 Å². The quantitative estimate of drug-likeness (QED) is 0.864. The third-order valence-corrected chi connectivity index (χ3v) is 4.80. The van der Waals surface area contributed by atoms with E-state index in [1.54, 1.807) is 30.3 Å². The molecule has 0 radical (unpaired) electrons. The van der Waals surface area contributed by atoms with Gasteiger partial charge in [-0.3, -0.25) is 0 Å². The van der Waals surface area contributed by atoms with E-state index in [4.69, 9.17) is 14.0 Å². The highest BCUT2D eigenvalue weighted by atomic mass is 19.1. The second kappa shape index (κ2) is 6.35. The number of rotatable bonds is 4. The van der Waals surface area contributed by atoms with Crippen LogP contribution >= 0.6 is 0 Å². The molecule has 1 fully saturated rings. The molecule has 0 saturated carbocycles. The van der Waals surface area contributed by atoms with Crippen LogP contribution in [0.25, 0.3) is 0 Å². The zero-order valence-corrected chi connectivity index (χ0v) is 14.9. The summed E-state index contributed by atoms with van der Waals surface area (Å²) in [5.74, 6) is 0.136. The standard InChI is InChI=1S/C19H22BFO4/c1-18(2)19(3,4)25-20(24-18)16-9-8-15(11-17(16)21)23-12-13-6-5-7-14(22)10-13/h5-11,22H,12H2,1-4H3. The summed E-state index contributed by atoms with van der Waals surface area (Å²) < 4.78 is 31.9. The van der Waals surface area contributed by atoms with Crippen LogP contribution in [0.15, 0.2) is 42.5 Å². The average Bonchev–Trinajstić information content (AvgIpc) is 2.73. The number of benzene rings is 2. The molecular weight excluding hydrogens is 322 g/mol. The topological polar surface area (TPSA) is 47.9 Å². The molecule has 25 heavy (non-hydrogen) atoms. The van der Waals surface area contributed by atoms with Crippen LogP contribution in [0, 0.1) is 5.82 Å². The molecule has 0 atom stereocenters. The highest BCUT2D eigenvalue weighted by Crippen LogP contribution is 2.36. The molecule has 4 nitrogen and oxygen atoms in total. The maximum absolute atomic E-state index is 14.5. The maximum atomic E-state index is 14.5. The molecule has 0 bridgehead atoms. The molecule has 0 aromatic heterocycles. The normalized spacial score (nSPS) is 18.4. The number of ether oxygens (including phenoxy) is 1. The molecule has 1 N–H and O–H groups in total. The van der Waals surface area contributed by atoms with Gasteiger partial charge in [-0.15, -0.1) is 0 Å². The van der Waals surface area contributed by atoms with Crippen molar-refractivity contribution in [2.24, 2.45) is 0 Å². The summed E-state index contributed by atoms with van der Waals surface area (Å²) >= 11 is 0. The van der Waals surface area contributed by atoms with E-state index in [9.17, 15) is 9.50 Å². The van der Waals surface area contributed by atoms with Gasteiger partial charge in [-0.05, 0) is 51.5 Å². The van der Waals surface area contributed by atoms with Gasteiger partial charge in [0.2, 0.25) is 0 Å². The summed E-state index contributed by atoms with van der Waals surface area (Å²) in [5, 5.41) is 9.45. The lowest BCUT2D eigenvalue weighted by Crippen LogP contribution is -2.41. The lowest BCUT2D eigenvalue weighted by atomic mass is 9.78. The minimum Gasteiger partial charge on any atom is -0.508 e. The molecule has 0 amide bonds. The van der Waals surface area contributed by atoms with E-state index in [-0.39, 0.29) is 12.4 Å². The van der Waals surface area contributed by atoms with Gasteiger partial charge in [-0.1, -0.05) is 18.2 Å². The molecule has 0 spiro atoms. The molecular formula is C19H22BFO4. The summed E-state index contributed by atoms with van der Waals surface area (Å²) in [6.07, 6.45) is 0. The molecule has 0 unspecified atom stereocenters. The number of hydrogen-bond donors (Lipinski definition) is 1. The van der Waals surface area contributed by atoms with Crippen molar-refractivity contribution in [2.75, 3.05) is 0 Å². The van der Waals surface area contributed by atoms with Crippen molar-refractivity contribution in [3.63, 3.8) is 0 Å². The summed E-state index contributed by atoms with van der Waals surface area (Å²) in [6, 6.07) is 11.4. The largest absolute Gasteiger partial charge is 0.508 e. The van der Waals surface area contributed by atoms with Gasteiger partial charge < -0.3 is 19.2 Å². The Morgan fingerprint density at radius 1 is 1.04 bits per heavy atom. The van der Waals surface area contributed by atoms with E-state index in [0.29, 0.717) is 11.2 Å². The minimum atomic E-state index is -0.745. The molecule has 132 valence electrons. The molecule has 2 aromatic carbocycles. The zero-order valence-electron chi connectivity index (χ0n) is 14.9. The van der Waals surface area contributed by atoms with Crippen LogP contribution in [-0.4, -0.2) is 23.4 Å². The maximum Gasteiger partial charge on any atom is 0.497 e. The van der Waals surface area contributed by atoms with E-state index in [1.807, 2.05) is 33.8 Å². The first-order chi connectivity index (χ1) is 11.7. The molecule has 1 heterocycles. The summed E-state index contributed by atoms with van der Waals surface area (Å²) in [7, 11) is -0.745. The van der Waals surface area contributed by atoms with Crippen molar-refractivity contribution >= 4 is 12.6 Å². The Morgan fingerprint density at radius 2 is 1.72 bits per heavy atom. The molecule has 3 rings (SSSR count). The molecule has 2 aromatic rings. The Morgan fingerprint density at radius 3 is 2.32 bits per heavy atom. The monoisotopic (exact) mass is 344 g/mol. The highest BCUT2D eigenvalue weighted by molar-refractivity contribution is 6.62. The first-order valence-electron chi connectivity index (χ1n) is 8.24. The van der Waals surface area contributed by atoms with Gasteiger partial charge in [0, 0.05) is 11.5 Å². The number of halogens is 1. The zero-order chi connectivity index (χ0) is 18.2. The van der Waals surface area contributed by atoms with Crippen LogP contribution in [0.2, 0.25) is 0 Å². The van der Waals surface area contributed by atoms with Gasteiger partial charge in [0.1, 0.15) is 23.9 Å². The van der Waals surface area contributed by atoms with Gasteiger partial charge in [0.25, 0.3) is 0 Å². The number of hydrogen-bond acceptors (Lipinski definition) is 4. The van der Waals surface area contributed by atoms with E-state index in [1.165, 1.54) is 6.07 Å². The van der Waals surface area contributed by atoms with Crippen molar-refractivity contribution in [2.45, 2.75) is 45.5 Å². The van der Waals surface area contributed by atoms with Gasteiger partial charge in [0.15, 0.2) is 0 Å². The fourth-order valence-corrected chi connectivity index (χ4v) is 2.57. The van der Waals surface area contributed by atoms with E-state index in [0.717, 1.165) is 5.56 Å². The number of phenolic OH excluding ortho intramolecular Hbond substituents is 1. The molecule has 1 saturated heterocycles. The van der Waals surface area contributed by atoms with Crippen LogP contribution < -0.4 is 10.2 Å². The molecule has 1 aliphatic heterocycles. The third-order valence-electron chi connectivity index (χ3n) is 4.80. The Labute approximate surface area is 147 Å². The van der Waals surface area contributed by atoms with Crippen molar-refractivity contribution in [3.05, 3.63) is 53.8 Å². The predicted octanol–water partition coefficient (Wildman–Crippen LogP) is 3.41. The van der Waals surface area contributed by atoms with Gasteiger partial charge in [-0.2, -0.15) is 0 Å². The van der Waals surface area contributed by atoms with Crippen molar-refractivity contribution < 1.29 is 23.5 Å². The SMILES string of the molecule is CC1(C)OB(c2ccc(OCc3cccc(O)c3)cc2F)OC1(C)C. The fraction of sp³-hybridized carbons (Fsp3) is 0.368. The van der Waals surface area contributed by atoms with Crippen molar-refractivity contribution in [1.29, 1.82) is 0 Å². The van der Waals surface area contributed by atoms with Crippen LogP contribution in [-0.2, 0) is 15.9 Å². The lowest BCUT2D eigenvalue weighted by Gasteiger charge is -2.32. The Hall–Kier alpha value is -2.05. The highest BCUT2D eigenvalue weighted by Gasteiger charge is 2.52. The Bertz CT molecular complexity index is 760. The molecule has 6 heteroatoms. The smallest absolute Gasteiger partial charge is 0.497 e. The molecule has 0 aliphatic carbocycles. The first kappa shape index (κ1) is 17.8. The lowest BCUT2D eigenvalue weighted by molar-refractivity contribution is 0.00578. The van der Waals surface area contributed by atoms with Crippen LogP contribution in [0.1, 0.15) is 33.3 Å². The van der Waals surface area contributed by atoms with Gasteiger partial charge >= 0.3 is 7.12 Å². The average molecular weight is 344 g/mol. The van der Waals surface area contributed by atoms with Crippen LogP contribution in [0.5, 0.6) is 11.5 Å². The second-order valence-corrected chi connectivity index (χ2v) is 7.23. The van der Waals surface area contributed by atoms with E-state index in [2.05, 4.69) is 0 Å². The van der Waals surface area contributed by atoms with Crippen LogP contribution in [0.3, 0.4) is 0 Å². The summed E-state index contributed by atoms with van der Waals surface area (Å²) in [6.45, 7) is 7.95. The summed E-state index contributed by atoms with van der Waals surface area (Å²) in [5.41, 5.74) is 0.113. The van der Waals surface area contributed by atoms with Gasteiger partial charge in [0.05, 0.1) is 11.2 Å². The molecule has 1 aliphatic rings. The fourth-order valence-electron chi connectivity index (χ4n) is 2.57. The minimum absolute atomic E-state index is 0.170. The Balaban J connectivity index is 1.71. The second-order valence-electron chi connectivity index (χ2n) is 7.23. The third kappa shape index (κ3) is 3.65. The van der Waals surface area contributed by atoms with Crippen molar-refractivity contribution in [3.8, 4) is 11.5 Å². The van der Waals surface area contributed by atoms with E-state index < -0.39 is 24.1 Å².